The van der Waals surface area contributed by atoms with E-state index in [0.717, 1.165) is 59.1 Å². The second-order valence-electron chi connectivity index (χ2n) is 8.72. The van der Waals surface area contributed by atoms with Gasteiger partial charge in [-0.15, -0.1) is 0 Å². The molecular weight excluding hydrogens is 446 g/mol. The molecule has 7 rings (SSSR count). The Balaban J connectivity index is 1.39. The van der Waals surface area contributed by atoms with Gasteiger partial charge in [-0.25, -0.2) is 14.6 Å². The highest BCUT2D eigenvalue weighted by atomic mass is 79.9. The van der Waals surface area contributed by atoms with Crippen LogP contribution in [0.5, 0.6) is 0 Å². The van der Waals surface area contributed by atoms with Gasteiger partial charge in [0.1, 0.15) is 10.4 Å². The fourth-order valence-electron chi connectivity index (χ4n) is 5.41. The van der Waals surface area contributed by atoms with Crippen molar-refractivity contribution in [2.24, 2.45) is 10.8 Å². The van der Waals surface area contributed by atoms with E-state index in [9.17, 15) is 9.90 Å². The van der Waals surface area contributed by atoms with Crippen molar-refractivity contribution in [3.05, 3.63) is 53.2 Å². The number of hydrogen-bond donors (Lipinski definition) is 1. The van der Waals surface area contributed by atoms with Crippen LogP contribution in [0.2, 0.25) is 0 Å². The quantitative estimate of drug-likeness (QED) is 0.484. The molecule has 3 fully saturated rings. The van der Waals surface area contributed by atoms with Gasteiger partial charge in [0.05, 0.1) is 22.0 Å². The lowest BCUT2D eigenvalue weighted by Crippen LogP contribution is -2.44. The molecule has 3 aliphatic carbocycles. The minimum atomic E-state index is -0.653. The van der Waals surface area contributed by atoms with Crippen LogP contribution in [0.15, 0.2) is 47.3 Å². The van der Waals surface area contributed by atoms with Gasteiger partial charge in [0.15, 0.2) is 5.65 Å². The molecule has 1 aromatic carbocycles. The molecule has 0 atom stereocenters. The first-order valence-corrected chi connectivity index (χ1v) is 10.8. The van der Waals surface area contributed by atoms with E-state index >= 15 is 0 Å². The molecule has 0 saturated heterocycles. The van der Waals surface area contributed by atoms with Crippen LogP contribution in [0, 0.1) is 10.8 Å². The highest BCUT2D eigenvalue weighted by molar-refractivity contribution is 9.10. The number of rotatable bonds is 4. The van der Waals surface area contributed by atoms with E-state index in [1.807, 2.05) is 41.2 Å². The lowest BCUT2D eigenvalue weighted by Gasteiger charge is -2.44. The fraction of sp³-hybridized carbons (Fsp3) is 0.318. The number of carboxylic acids is 1. The lowest BCUT2D eigenvalue weighted by molar-refractivity contribution is -0.156. The third-order valence-electron chi connectivity index (χ3n) is 6.81. The van der Waals surface area contributed by atoms with Gasteiger partial charge in [-0.1, -0.05) is 6.07 Å². The van der Waals surface area contributed by atoms with Gasteiger partial charge < -0.3 is 5.11 Å². The number of aromatic nitrogens is 5. The Kier molecular flexibility index (Phi) is 3.63. The van der Waals surface area contributed by atoms with Gasteiger partial charge in [0.25, 0.3) is 0 Å². The third kappa shape index (κ3) is 2.52. The molecule has 150 valence electrons. The van der Waals surface area contributed by atoms with Crippen LogP contribution >= 0.6 is 15.9 Å². The Bertz CT molecular complexity index is 1340. The van der Waals surface area contributed by atoms with Crippen LogP contribution in [-0.4, -0.2) is 35.8 Å². The Morgan fingerprint density at radius 2 is 2.07 bits per heavy atom. The van der Waals surface area contributed by atoms with Crippen molar-refractivity contribution in [3.63, 3.8) is 0 Å². The first-order chi connectivity index (χ1) is 14.5. The number of carboxylic acid groups (broad SMARTS) is 1. The predicted octanol–water partition coefficient (Wildman–Crippen LogP) is 4.31. The molecule has 3 saturated carbocycles. The topological polar surface area (TPSA) is 93.8 Å². The molecule has 1 N–H and O–H groups in total. The van der Waals surface area contributed by atoms with Gasteiger partial charge in [-0.05, 0) is 71.3 Å². The summed E-state index contributed by atoms with van der Waals surface area (Å²) in [5.74, 6) is 0.0966. The number of hydrogen-bond acceptors (Lipinski definition) is 5. The molecule has 4 aromatic rings. The molecule has 0 unspecified atom stereocenters. The molecule has 2 bridgehead atoms. The van der Waals surface area contributed by atoms with Crippen molar-refractivity contribution in [2.45, 2.75) is 32.1 Å². The third-order valence-corrected chi connectivity index (χ3v) is 7.39. The number of nitrogens with zero attached hydrogens (tertiary/aromatic N) is 5. The van der Waals surface area contributed by atoms with Crippen LogP contribution in [-0.2, 0) is 11.2 Å². The summed E-state index contributed by atoms with van der Waals surface area (Å²) in [4.78, 5) is 25.4. The Morgan fingerprint density at radius 3 is 2.87 bits per heavy atom. The maximum absolute atomic E-state index is 11.6. The Labute approximate surface area is 180 Å². The Morgan fingerprint density at radius 1 is 1.20 bits per heavy atom. The summed E-state index contributed by atoms with van der Waals surface area (Å²) < 4.78 is 2.52. The van der Waals surface area contributed by atoms with Crippen molar-refractivity contribution >= 4 is 43.8 Å². The van der Waals surface area contributed by atoms with Crippen molar-refractivity contribution < 1.29 is 9.90 Å². The van der Waals surface area contributed by atoms with E-state index < -0.39 is 11.4 Å². The molecule has 0 radical (unpaired) electrons. The first-order valence-electron chi connectivity index (χ1n) is 9.96. The zero-order valence-electron chi connectivity index (χ0n) is 16.0. The molecule has 3 heterocycles. The van der Waals surface area contributed by atoms with Crippen molar-refractivity contribution in [1.82, 2.24) is 24.7 Å². The van der Waals surface area contributed by atoms with E-state index in [0.29, 0.717) is 11.0 Å². The Hall–Kier alpha value is -2.87. The first kappa shape index (κ1) is 17.9. The maximum atomic E-state index is 11.6. The standard InChI is InChI=1S/C22H18BrN5O2/c23-18-15-10-25-17(9-21-5-6-22(11-21,12-21)20(29)30)26-19(15)28(27-18)14-3-4-16-13(8-14)2-1-7-24-16/h1-4,7-8,10H,5-6,9,11-12H2,(H,29,30). The summed E-state index contributed by atoms with van der Waals surface area (Å²) in [6.45, 7) is 0. The number of halogens is 1. The highest BCUT2D eigenvalue weighted by Gasteiger charge is 2.64. The monoisotopic (exact) mass is 463 g/mol. The van der Waals surface area contributed by atoms with Crippen LogP contribution in [0.3, 0.4) is 0 Å². The molecular formula is C22H18BrN5O2. The average molecular weight is 464 g/mol. The van der Waals surface area contributed by atoms with E-state index in [-0.39, 0.29) is 5.41 Å². The molecule has 0 aliphatic heterocycles. The van der Waals surface area contributed by atoms with Crippen LogP contribution in [0.25, 0.3) is 27.6 Å². The number of pyridine rings is 1. The van der Waals surface area contributed by atoms with E-state index in [2.05, 4.69) is 31.0 Å². The lowest BCUT2D eigenvalue weighted by atomic mass is 9.59. The zero-order chi connectivity index (χ0) is 20.5. The number of benzene rings is 1. The number of aliphatic carboxylic acids is 1. The van der Waals surface area contributed by atoms with Gasteiger partial charge in [-0.3, -0.25) is 9.78 Å². The van der Waals surface area contributed by atoms with E-state index in [4.69, 9.17) is 4.98 Å². The highest BCUT2D eigenvalue weighted by Crippen LogP contribution is 2.68. The fourth-order valence-corrected chi connectivity index (χ4v) is 5.85. The SMILES string of the molecule is O=C(O)C12CCC(Cc3ncc4c(Br)nn(-c5ccc6ncccc6c5)c4n3)(C1)C2. The van der Waals surface area contributed by atoms with Crippen molar-refractivity contribution in [3.8, 4) is 5.69 Å². The number of carbonyl (C=O) groups is 1. The minimum absolute atomic E-state index is 0.0305. The van der Waals surface area contributed by atoms with E-state index in [1.54, 1.807) is 6.20 Å². The molecule has 7 nitrogen and oxygen atoms in total. The largest absolute Gasteiger partial charge is 0.481 e. The van der Waals surface area contributed by atoms with Gasteiger partial charge >= 0.3 is 5.97 Å². The summed E-state index contributed by atoms with van der Waals surface area (Å²) in [5, 5.41) is 16.0. The molecule has 0 amide bonds. The van der Waals surface area contributed by atoms with Gasteiger partial charge in [0.2, 0.25) is 0 Å². The predicted molar refractivity (Wildman–Crippen MR) is 114 cm³/mol. The maximum Gasteiger partial charge on any atom is 0.309 e. The molecule has 3 aromatic heterocycles. The van der Waals surface area contributed by atoms with E-state index in [1.165, 1.54) is 0 Å². The summed E-state index contributed by atoms with van der Waals surface area (Å²) in [5.41, 5.74) is 2.10. The molecule has 8 heteroatoms. The molecule has 3 aliphatic rings. The molecule has 30 heavy (non-hydrogen) atoms. The van der Waals surface area contributed by atoms with Crippen LogP contribution in [0.4, 0.5) is 0 Å². The smallest absolute Gasteiger partial charge is 0.309 e. The van der Waals surface area contributed by atoms with Crippen molar-refractivity contribution in [1.29, 1.82) is 0 Å². The van der Waals surface area contributed by atoms with Crippen LogP contribution in [0.1, 0.15) is 31.5 Å². The average Bonchev–Trinajstić information content (AvgIpc) is 3.38. The number of fused-ring (bicyclic) bond motifs is 3. The van der Waals surface area contributed by atoms with Crippen LogP contribution < -0.4 is 0 Å². The summed E-state index contributed by atoms with van der Waals surface area (Å²) in [7, 11) is 0. The normalized spacial score (nSPS) is 25.0. The second kappa shape index (κ2) is 6.07. The van der Waals surface area contributed by atoms with Gasteiger partial charge in [0, 0.05) is 24.2 Å². The molecule has 0 spiro atoms. The summed E-state index contributed by atoms with van der Waals surface area (Å²) in [6.07, 6.45) is 7.46. The zero-order valence-corrected chi connectivity index (χ0v) is 17.6. The summed E-state index contributed by atoms with van der Waals surface area (Å²) >= 11 is 3.53. The second-order valence-corrected chi connectivity index (χ2v) is 9.47. The van der Waals surface area contributed by atoms with Gasteiger partial charge in [-0.2, -0.15) is 5.10 Å². The minimum Gasteiger partial charge on any atom is -0.481 e. The summed E-state index contributed by atoms with van der Waals surface area (Å²) in [6, 6.07) is 9.95. The van der Waals surface area contributed by atoms with Crippen molar-refractivity contribution in [2.75, 3.05) is 0 Å².